The Morgan fingerprint density at radius 2 is 1.95 bits per heavy atom. The van der Waals surface area contributed by atoms with Crippen LogP contribution in [0, 0.1) is 5.92 Å². The maximum Gasteiger partial charge on any atom is 0.223 e. The van der Waals surface area contributed by atoms with Crippen molar-refractivity contribution in [1.29, 1.82) is 0 Å². The van der Waals surface area contributed by atoms with Crippen LogP contribution in [0.2, 0.25) is 0 Å². The monoisotopic (exact) mass is 277 g/mol. The fourth-order valence-electron chi connectivity index (χ4n) is 2.11. The average molecular weight is 277 g/mol. The van der Waals surface area contributed by atoms with Crippen LogP contribution in [0.4, 0.5) is 0 Å². The minimum absolute atomic E-state index is 0.124. The van der Waals surface area contributed by atoms with Gasteiger partial charge in [0.2, 0.25) is 5.91 Å². The van der Waals surface area contributed by atoms with Gasteiger partial charge in [0.05, 0.1) is 6.54 Å². The van der Waals surface area contributed by atoms with Crippen LogP contribution in [-0.4, -0.2) is 19.1 Å². The largest absolute Gasteiger partial charge is 0.492 e. The molecule has 1 aromatic rings. The third kappa shape index (κ3) is 5.24. The molecule has 1 N–H and O–H groups in total. The van der Waals surface area contributed by atoms with Crippen molar-refractivity contribution in [3.05, 3.63) is 29.8 Å². The van der Waals surface area contributed by atoms with Gasteiger partial charge < -0.3 is 10.1 Å². The smallest absolute Gasteiger partial charge is 0.223 e. The molecule has 112 valence electrons. The van der Waals surface area contributed by atoms with Crippen LogP contribution >= 0.6 is 0 Å². The van der Waals surface area contributed by atoms with Crippen LogP contribution in [0.5, 0.6) is 5.75 Å². The molecule has 1 aromatic carbocycles. The lowest BCUT2D eigenvalue weighted by atomic mass is 10.0. The minimum atomic E-state index is 0.124. The first-order chi connectivity index (χ1) is 9.58. The summed E-state index contributed by atoms with van der Waals surface area (Å²) in [5.41, 5.74) is 1.27. The van der Waals surface area contributed by atoms with Crippen LogP contribution in [0.25, 0.3) is 0 Å². The lowest BCUT2D eigenvalue weighted by Crippen LogP contribution is -2.33. The Bertz CT molecular complexity index is 411. The van der Waals surface area contributed by atoms with Crippen molar-refractivity contribution in [1.82, 2.24) is 5.32 Å². The summed E-state index contributed by atoms with van der Waals surface area (Å²) in [5.74, 6) is 1.62. The molecule has 0 radical (unpaired) electrons. The van der Waals surface area contributed by atoms with E-state index in [1.165, 1.54) is 5.56 Å². The Morgan fingerprint density at radius 1 is 1.25 bits per heavy atom. The molecule has 3 nitrogen and oxygen atoms in total. The van der Waals surface area contributed by atoms with Crippen molar-refractivity contribution >= 4 is 5.91 Å². The van der Waals surface area contributed by atoms with Gasteiger partial charge in [-0.3, -0.25) is 4.79 Å². The van der Waals surface area contributed by atoms with Gasteiger partial charge in [-0.05, 0) is 36.5 Å². The number of amides is 1. The number of rotatable bonds is 8. The van der Waals surface area contributed by atoms with Crippen LogP contribution in [0.1, 0.15) is 52.0 Å². The third-order valence-corrected chi connectivity index (χ3v) is 3.55. The van der Waals surface area contributed by atoms with E-state index >= 15 is 0 Å². The van der Waals surface area contributed by atoms with Crippen molar-refractivity contribution in [3.8, 4) is 5.75 Å². The molecule has 0 spiro atoms. The van der Waals surface area contributed by atoms with E-state index in [-0.39, 0.29) is 11.8 Å². The Kier molecular flexibility index (Phi) is 7.13. The molecule has 0 saturated carbocycles. The molecule has 0 unspecified atom stereocenters. The molecular weight excluding hydrogens is 250 g/mol. The van der Waals surface area contributed by atoms with Crippen molar-refractivity contribution < 1.29 is 9.53 Å². The van der Waals surface area contributed by atoms with Gasteiger partial charge in [0.15, 0.2) is 0 Å². The van der Waals surface area contributed by atoms with Crippen molar-refractivity contribution in [3.63, 3.8) is 0 Å². The fraction of sp³-hybridized carbons (Fsp3) is 0.588. The van der Waals surface area contributed by atoms with Gasteiger partial charge in [0.1, 0.15) is 12.4 Å². The minimum Gasteiger partial charge on any atom is -0.492 e. The number of carbonyl (C=O) groups is 1. The first kappa shape index (κ1) is 16.5. The summed E-state index contributed by atoms with van der Waals surface area (Å²) in [5, 5.41) is 2.93. The Balaban J connectivity index is 2.34. The maximum atomic E-state index is 11.8. The van der Waals surface area contributed by atoms with Gasteiger partial charge >= 0.3 is 0 Å². The standard InChI is InChI=1S/C17H27NO2/c1-5-14(6-2)17(19)18-10-11-20-16-9-7-8-15(12-16)13(3)4/h7-9,12-14H,5-6,10-11H2,1-4H3,(H,18,19). The molecule has 0 aromatic heterocycles. The lowest BCUT2D eigenvalue weighted by Gasteiger charge is -2.13. The molecule has 0 aliphatic heterocycles. The zero-order chi connectivity index (χ0) is 15.0. The van der Waals surface area contributed by atoms with Crippen molar-refractivity contribution in [2.45, 2.75) is 46.5 Å². The van der Waals surface area contributed by atoms with E-state index in [0.717, 1.165) is 18.6 Å². The zero-order valence-corrected chi connectivity index (χ0v) is 13.1. The summed E-state index contributed by atoms with van der Waals surface area (Å²) in [4.78, 5) is 11.8. The Hall–Kier alpha value is -1.51. The third-order valence-electron chi connectivity index (χ3n) is 3.55. The summed E-state index contributed by atoms with van der Waals surface area (Å²) < 4.78 is 5.68. The molecule has 3 heteroatoms. The molecule has 1 amide bonds. The normalized spacial score (nSPS) is 10.9. The van der Waals surface area contributed by atoms with E-state index in [0.29, 0.717) is 19.1 Å². The average Bonchev–Trinajstić information content (AvgIpc) is 2.45. The highest BCUT2D eigenvalue weighted by Crippen LogP contribution is 2.19. The quantitative estimate of drug-likeness (QED) is 0.735. The molecule has 0 aliphatic carbocycles. The highest BCUT2D eigenvalue weighted by molar-refractivity contribution is 5.78. The van der Waals surface area contributed by atoms with E-state index in [1.54, 1.807) is 0 Å². The summed E-state index contributed by atoms with van der Waals surface area (Å²) in [6, 6.07) is 8.13. The number of carbonyl (C=O) groups excluding carboxylic acids is 1. The number of benzene rings is 1. The van der Waals surface area contributed by atoms with Gasteiger partial charge in [0, 0.05) is 5.92 Å². The summed E-state index contributed by atoms with van der Waals surface area (Å²) in [6.07, 6.45) is 1.78. The number of ether oxygens (including phenoxy) is 1. The molecular formula is C17H27NO2. The molecule has 0 aliphatic rings. The van der Waals surface area contributed by atoms with Gasteiger partial charge in [-0.1, -0.05) is 39.8 Å². The van der Waals surface area contributed by atoms with Crippen molar-refractivity contribution in [2.24, 2.45) is 5.92 Å². The number of hydrogen-bond donors (Lipinski definition) is 1. The van der Waals surface area contributed by atoms with E-state index < -0.39 is 0 Å². The Labute approximate surface area is 122 Å². The second-order valence-electron chi connectivity index (χ2n) is 5.38. The first-order valence-electron chi connectivity index (χ1n) is 7.58. The highest BCUT2D eigenvalue weighted by atomic mass is 16.5. The van der Waals surface area contributed by atoms with Gasteiger partial charge in [-0.25, -0.2) is 0 Å². The predicted molar refractivity (Wildman–Crippen MR) is 83.1 cm³/mol. The van der Waals surface area contributed by atoms with Crippen LogP contribution in [-0.2, 0) is 4.79 Å². The molecule has 0 saturated heterocycles. The second-order valence-corrected chi connectivity index (χ2v) is 5.38. The summed E-state index contributed by atoms with van der Waals surface area (Å²) in [7, 11) is 0. The second kappa shape index (κ2) is 8.62. The van der Waals surface area contributed by atoms with Gasteiger partial charge in [-0.2, -0.15) is 0 Å². The van der Waals surface area contributed by atoms with E-state index in [2.05, 4.69) is 31.3 Å². The Morgan fingerprint density at radius 3 is 2.55 bits per heavy atom. The number of hydrogen-bond acceptors (Lipinski definition) is 2. The molecule has 0 heterocycles. The predicted octanol–water partition coefficient (Wildman–Crippen LogP) is 3.74. The zero-order valence-electron chi connectivity index (χ0n) is 13.1. The van der Waals surface area contributed by atoms with Gasteiger partial charge in [0.25, 0.3) is 0 Å². The lowest BCUT2D eigenvalue weighted by molar-refractivity contribution is -0.125. The molecule has 0 bridgehead atoms. The summed E-state index contributed by atoms with van der Waals surface area (Å²) in [6.45, 7) is 9.47. The molecule has 20 heavy (non-hydrogen) atoms. The highest BCUT2D eigenvalue weighted by Gasteiger charge is 2.12. The van der Waals surface area contributed by atoms with Crippen LogP contribution in [0.15, 0.2) is 24.3 Å². The summed E-state index contributed by atoms with van der Waals surface area (Å²) >= 11 is 0. The SMILES string of the molecule is CCC(CC)C(=O)NCCOc1cccc(C(C)C)c1. The van der Waals surface area contributed by atoms with Crippen molar-refractivity contribution in [2.75, 3.05) is 13.2 Å². The maximum absolute atomic E-state index is 11.8. The van der Waals surface area contributed by atoms with E-state index in [9.17, 15) is 4.79 Å². The number of nitrogens with one attached hydrogen (secondary N) is 1. The van der Waals surface area contributed by atoms with Crippen LogP contribution < -0.4 is 10.1 Å². The topological polar surface area (TPSA) is 38.3 Å². The van der Waals surface area contributed by atoms with Crippen LogP contribution in [0.3, 0.4) is 0 Å². The van der Waals surface area contributed by atoms with E-state index in [4.69, 9.17) is 4.74 Å². The molecule has 0 atom stereocenters. The first-order valence-corrected chi connectivity index (χ1v) is 7.58. The molecule has 1 rings (SSSR count). The van der Waals surface area contributed by atoms with E-state index in [1.807, 2.05) is 26.0 Å². The van der Waals surface area contributed by atoms with Gasteiger partial charge in [-0.15, -0.1) is 0 Å². The molecule has 0 fully saturated rings. The fourth-order valence-corrected chi connectivity index (χ4v) is 2.11.